The first-order valence-electron chi connectivity index (χ1n) is 8.12. The molecule has 0 aliphatic heterocycles. The van der Waals surface area contributed by atoms with E-state index in [0.717, 1.165) is 5.56 Å². The second-order valence-electron chi connectivity index (χ2n) is 5.89. The number of carbonyl (C=O) groups excluding carboxylic acids is 2. The number of fused-ring (bicyclic) bond motifs is 1. The second kappa shape index (κ2) is 8.01. The van der Waals surface area contributed by atoms with Crippen LogP contribution in [0.25, 0.3) is 10.8 Å². The molecule has 0 saturated carbocycles. The molecule has 0 aliphatic carbocycles. The number of benzene rings is 2. The van der Waals surface area contributed by atoms with Gasteiger partial charge in [-0.2, -0.15) is 5.10 Å². The van der Waals surface area contributed by atoms with Crippen molar-refractivity contribution in [2.75, 3.05) is 11.9 Å². The molecule has 138 valence electrons. The van der Waals surface area contributed by atoms with Crippen LogP contribution < -0.4 is 10.9 Å². The lowest BCUT2D eigenvalue weighted by atomic mass is 10.1. The van der Waals surface area contributed by atoms with E-state index < -0.39 is 18.5 Å². The van der Waals surface area contributed by atoms with Gasteiger partial charge in [0.1, 0.15) is 0 Å². The number of hydrogen-bond acceptors (Lipinski definition) is 5. The SMILES string of the molecule is Cc1ccc(Cl)cc1NC(=O)COC(=O)Cc1n[nH]c(=O)c2ccccc12. The molecule has 0 fully saturated rings. The van der Waals surface area contributed by atoms with Crippen molar-refractivity contribution in [1.29, 1.82) is 0 Å². The molecule has 27 heavy (non-hydrogen) atoms. The van der Waals surface area contributed by atoms with Gasteiger partial charge in [0.05, 0.1) is 17.5 Å². The lowest BCUT2D eigenvalue weighted by Gasteiger charge is -2.09. The fourth-order valence-electron chi connectivity index (χ4n) is 2.56. The Balaban J connectivity index is 1.62. The maximum atomic E-state index is 12.1. The maximum absolute atomic E-state index is 12.1. The Labute approximate surface area is 159 Å². The minimum Gasteiger partial charge on any atom is -0.455 e. The fraction of sp³-hybridized carbons (Fsp3) is 0.158. The van der Waals surface area contributed by atoms with Crippen molar-refractivity contribution in [3.8, 4) is 0 Å². The molecule has 3 rings (SSSR count). The first-order valence-corrected chi connectivity index (χ1v) is 8.50. The summed E-state index contributed by atoms with van der Waals surface area (Å²) < 4.78 is 5.01. The van der Waals surface area contributed by atoms with Crippen molar-refractivity contribution in [2.24, 2.45) is 0 Å². The van der Waals surface area contributed by atoms with Gasteiger partial charge in [0.25, 0.3) is 11.5 Å². The van der Waals surface area contributed by atoms with Crippen LogP contribution in [-0.4, -0.2) is 28.7 Å². The topological polar surface area (TPSA) is 101 Å². The van der Waals surface area contributed by atoms with Gasteiger partial charge >= 0.3 is 5.97 Å². The molecule has 2 aromatic carbocycles. The van der Waals surface area contributed by atoms with Crippen LogP contribution >= 0.6 is 11.6 Å². The minimum atomic E-state index is -0.627. The third kappa shape index (κ3) is 4.51. The number of esters is 1. The standard InChI is InChI=1S/C19H16ClN3O4/c1-11-6-7-12(20)8-15(11)21-17(24)10-27-18(25)9-16-13-4-2-3-5-14(13)19(26)23-22-16/h2-8H,9-10H2,1H3,(H,21,24)(H,23,26). The Morgan fingerprint density at radius 3 is 2.70 bits per heavy atom. The van der Waals surface area contributed by atoms with Crippen LogP contribution in [0.1, 0.15) is 11.3 Å². The number of hydrogen-bond donors (Lipinski definition) is 2. The number of carbonyl (C=O) groups is 2. The van der Waals surface area contributed by atoms with Gasteiger partial charge in [-0.05, 0) is 30.7 Å². The Hall–Kier alpha value is -3.19. The predicted octanol–water partition coefficient (Wildman–Crippen LogP) is 2.61. The van der Waals surface area contributed by atoms with Crippen molar-refractivity contribution in [2.45, 2.75) is 13.3 Å². The van der Waals surface area contributed by atoms with Gasteiger partial charge in [0.15, 0.2) is 6.61 Å². The molecule has 0 atom stereocenters. The molecular weight excluding hydrogens is 370 g/mol. The van der Waals surface area contributed by atoms with Crippen molar-refractivity contribution in [1.82, 2.24) is 10.2 Å². The number of ether oxygens (including phenoxy) is 1. The van der Waals surface area contributed by atoms with E-state index in [2.05, 4.69) is 15.5 Å². The molecule has 1 amide bonds. The van der Waals surface area contributed by atoms with E-state index in [1.165, 1.54) is 0 Å². The number of halogens is 1. The van der Waals surface area contributed by atoms with E-state index in [9.17, 15) is 14.4 Å². The highest BCUT2D eigenvalue weighted by atomic mass is 35.5. The van der Waals surface area contributed by atoms with Gasteiger partial charge in [0.2, 0.25) is 0 Å². The van der Waals surface area contributed by atoms with Crippen LogP contribution in [0.3, 0.4) is 0 Å². The maximum Gasteiger partial charge on any atom is 0.312 e. The molecule has 0 radical (unpaired) electrons. The zero-order chi connectivity index (χ0) is 19.4. The van der Waals surface area contributed by atoms with E-state index in [0.29, 0.717) is 27.2 Å². The summed E-state index contributed by atoms with van der Waals surface area (Å²) in [5.74, 6) is -1.11. The Bertz CT molecular complexity index is 1080. The van der Waals surface area contributed by atoms with Crippen molar-refractivity contribution >= 4 is 39.9 Å². The molecule has 2 N–H and O–H groups in total. The Morgan fingerprint density at radius 1 is 1.19 bits per heavy atom. The number of aromatic amines is 1. The van der Waals surface area contributed by atoms with Gasteiger partial charge in [-0.15, -0.1) is 0 Å². The van der Waals surface area contributed by atoms with Crippen LogP contribution in [0, 0.1) is 6.92 Å². The largest absolute Gasteiger partial charge is 0.455 e. The molecule has 8 heteroatoms. The van der Waals surface area contributed by atoms with E-state index in [4.69, 9.17) is 16.3 Å². The highest BCUT2D eigenvalue weighted by Gasteiger charge is 2.14. The third-order valence-corrected chi connectivity index (χ3v) is 4.16. The normalized spacial score (nSPS) is 10.6. The number of amides is 1. The molecule has 1 heterocycles. The molecule has 0 aliphatic rings. The molecule has 1 aromatic heterocycles. The predicted molar refractivity (Wildman–Crippen MR) is 102 cm³/mol. The van der Waals surface area contributed by atoms with Crippen molar-refractivity contribution < 1.29 is 14.3 Å². The Kier molecular flexibility index (Phi) is 5.52. The first kappa shape index (κ1) is 18.6. The third-order valence-electron chi connectivity index (χ3n) is 3.92. The summed E-state index contributed by atoms with van der Waals surface area (Å²) in [6, 6.07) is 11.9. The summed E-state index contributed by atoms with van der Waals surface area (Å²) in [6.07, 6.45) is -0.166. The summed E-state index contributed by atoms with van der Waals surface area (Å²) in [4.78, 5) is 35.8. The number of rotatable bonds is 5. The minimum absolute atomic E-state index is 0.166. The lowest BCUT2D eigenvalue weighted by Crippen LogP contribution is -2.22. The number of aromatic nitrogens is 2. The first-order chi connectivity index (χ1) is 12.9. The van der Waals surface area contributed by atoms with E-state index in [1.807, 2.05) is 6.92 Å². The van der Waals surface area contributed by atoms with Gasteiger partial charge in [0, 0.05) is 16.1 Å². The fourth-order valence-corrected chi connectivity index (χ4v) is 2.73. The zero-order valence-corrected chi connectivity index (χ0v) is 15.2. The molecule has 7 nitrogen and oxygen atoms in total. The summed E-state index contributed by atoms with van der Waals surface area (Å²) in [6.45, 7) is 1.39. The van der Waals surface area contributed by atoms with Gasteiger partial charge in [-0.3, -0.25) is 14.4 Å². The number of nitrogens with one attached hydrogen (secondary N) is 2. The second-order valence-corrected chi connectivity index (χ2v) is 6.33. The van der Waals surface area contributed by atoms with E-state index in [-0.39, 0.29) is 12.0 Å². The van der Waals surface area contributed by atoms with Crippen molar-refractivity contribution in [3.05, 3.63) is 69.1 Å². The lowest BCUT2D eigenvalue weighted by molar-refractivity contribution is -0.146. The average molecular weight is 386 g/mol. The van der Waals surface area contributed by atoms with Crippen LogP contribution in [0.15, 0.2) is 47.3 Å². The highest BCUT2D eigenvalue weighted by Crippen LogP contribution is 2.20. The van der Waals surface area contributed by atoms with Crippen molar-refractivity contribution in [3.63, 3.8) is 0 Å². The number of H-pyrrole nitrogens is 1. The monoisotopic (exact) mass is 385 g/mol. The number of anilines is 1. The highest BCUT2D eigenvalue weighted by molar-refractivity contribution is 6.31. The molecule has 0 spiro atoms. The van der Waals surface area contributed by atoms with Gasteiger partial charge in [-0.25, -0.2) is 5.10 Å². The summed E-state index contributed by atoms with van der Waals surface area (Å²) in [7, 11) is 0. The number of nitrogens with zero attached hydrogens (tertiary/aromatic N) is 1. The molecule has 3 aromatic rings. The van der Waals surface area contributed by atoms with Crippen LogP contribution in [0.5, 0.6) is 0 Å². The average Bonchev–Trinajstić information content (AvgIpc) is 2.65. The Morgan fingerprint density at radius 2 is 1.93 bits per heavy atom. The summed E-state index contributed by atoms with van der Waals surface area (Å²) >= 11 is 5.91. The molecule has 0 unspecified atom stereocenters. The zero-order valence-electron chi connectivity index (χ0n) is 14.4. The molecular formula is C19H16ClN3O4. The van der Waals surface area contributed by atoms with Crippen LogP contribution in [0.2, 0.25) is 5.02 Å². The van der Waals surface area contributed by atoms with Crippen LogP contribution in [0.4, 0.5) is 5.69 Å². The van der Waals surface area contributed by atoms with Crippen LogP contribution in [-0.2, 0) is 20.7 Å². The molecule has 0 bridgehead atoms. The molecule has 0 saturated heterocycles. The van der Waals surface area contributed by atoms with Gasteiger partial charge < -0.3 is 10.1 Å². The van der Waals surface area contributed by atoms with E-state index >= 15 is 0 Å². The number of aryl methyl sites for hydroxylation is 1. The smallest absolute Gasteiger partial charge is 0.312 e. The van der Waals surface area contributed by atoms with E-state index in [1.54, 1.807) is 42.5 Å². The quantitative estimate of drug-likeness (QED) is 0.657. The summed E-state index contributed by atoms with van der Waals surface area (Å²) in [5, 5.41) is 10.4. The summed E-state index contributed by atoms with van der Waals surface area (Å²) in [5.41, 5.74) is 1.43. The van der Waals surface area contributed by atoms with Gasteiger partial charge in [-0.1, -0.05) is 35.9 Å².